The lowest BCUT2D eigenvalue weighted by Crippen LogP contribution is -1.98. The van der Waals surface area contributed by atoms with Crippen LogP contribution in [0.15, 0.2) is 42.6 Å². The molecule has 0 saturated heterocycles. The standard InChI is InChI=1S/C15H11ClIN3OS/c16-15-8-7-14(22-15)13(21)6-3-11-9-20(19-18-11)12-4-1-10(17)2-5-12/h1-2,4-5,7-9H,3,6H2. The van der Waals surface area contributed by atoms with Crippen LogP contribution in [-0.2, 0) is 6.42 Å². The fourth-order valence-corrected chi connectivity index (χ4v) is 3.33. The Bertz CT molecular complexity index is 797. The maximum Gasteiger partial charge on any atom is 0.173 e. The van der Waals surface area contributed by atoms with E-state index < -0.39 is 0 Å². The van der Waals surface area contributed by atoms with Crippen LogP contribution in [0.3, 0.4) is 0 Å². The highest BCUT2D eigenvalue weighted by atomic mass is 127. The van der Waals surface area contributed by atoms with E-state index in [0.717, 1.165) is 11.4 Å². The van der Waals surface area contributed by atoms with Crippen molar-refractivity contribution in [1.29, 1.82) is 0 Å². The molecule has 0 fully saturated rings. The first kappa shape index (κ1) is 15.6. The molecule has 0 spiro atoms. The third-order valence-corrected chi connectivity index (χ3v) is 5.08. The van der Waals surface area contributed by atoms with Gasteiger partial charge in [0, 0.05) is 16.4 Å². The third-order valence-electron chi connectivity index (χ3n) is 3.09. The van der Waals surface area contributed by atoms with Crippen molar-refractivity contribution in [1.82, 2.24) is 15.0 Å². The molecule has 0 unspecified atom stereocenters. The van der Waals surface area contributed by atoms with Gasteiger partial charge in [-0.15, -0.1) is 16.4 Å². The molecule has 2 heterocycles. The minimum absolute atomic E-state index is 0.0840. The molecule has 0 radical (unpaired) electrons. The van der Waals surface area contributed by atoms with E-state index in [-0.39, 0.29) is 5.78 Å². The summed E-state index contributed by atoms with van der Waals surface area (Å²) in [6, 6.07) is 11.5. The van der Waals surface area contributed by atoms with Gasteiger partial charge in [0.25, 0.3) is 0 Å². The largest absolute Gasteiger partial charge is 0.293 e. The Hall–Kier alpha value is -1.25. The van der Waals surface area contributed by atoms with Crippen molar-refractivity contribution in [3.63, 3.8) is 0 Å². The number of halogens is 2. The molecule has 0 aliphatic rings. The smallest absolute Gasteiger partial charge is 0.173 e. The zero-order valence-corrected chi connectivity index (χ0v) is 15.1. The number of benzene rings is 1. The zero-order chi connectivity index (χ0) is 15.5. The number of ketones is 1. The Morgan fingerprint density at radius 2 is 2.00 bits per heavy atom. The van der Waals surface area contributed by atoms with E-state index in [0.29, 0.717) is 22.1 Å². The van der Waals surface area contributed by atoms with Crippen molar-refractivity contribution >= 4 is 51.3 Å². The molecular weight excluding hydrogens is 433 g/mol. The molecule has 3 aromatic rings. The SMILES string of the molecule is O=C(CCc1cn(-c2ccc(I)cc2)nn1)c1ccc(Cl)s1. The van der Waals surface area contributed by atoms with Gasteiger partial charge in [0.1, 0.15) is 0 Å². The summed E-state index contributed by atoms with van der Waals surface area (Å²) in [6.07, 6.45) is 2.83. The summed E-state index contributed by atoms with van der Waals surface area (Å²) in [6.45, 7) is 0. The van der Waals surface area contributed by atoms with Crippen LogP contribution in [0.5, 0.6) is 0 Å². The fraction of sp³-hybridized carbons (Fsp3) is 0.133. The van der Waals surface area contributed by atoms with Gasteiger partial charge in [-0.05, 0) is 59.0 Å². The Morgan fingerprint density at radius 3 is 2.68 bits per heavy atom. The molecule has 4 nitrogen and oxygen atoms in total. The molecule has 0 bridgehead atoms. The summed E-state index contributed by atoms with van der Waals surface area (Å²) in [7, 11) is 0. The van der Waals surface area contributed by atoms with Crippen molar-refractivity contribution < 1.29 is 4.79 Å². The number of hydrogen-bond donors (Lipinski definition) is 0. The number of thiophene rings is 1. The minimum atomic E-state index is 0.0840. The Labute approximate surface area is 150 Å². The van der Waals surface area contributed by atoms with Crippen molar-refractivity contribution in [2.75, 3.05) is 0 Å². The summed E-state index contributed by atoms with van der Waals surface area (Å²) in [5, 5.41) is 8.23. The monoisotopic (exact) mass is 443 g/mol. The highest BCUT2D eigenvalue weighted by Crippen LogP contribution is 2.23. The van der Waals surface area contributed by atoms with Gasteiger partial charge in [0.05, 0.1) is 26.8 Å². The molecule has 3 rings (SSSR count). The summed E-state index contributed by atoms with van der Waals surface area (Å²) in [4.78, 5) is 12.7. The number of rotatable bonds is 5. The molecule has 0 aliphatic heterocycles. The molecule has 2 aromatic heterocycles. The van der Waals surface area contributed by atoms with E-state index in [1.165, 1.54) is 14.9 Å². The van der Waals surface area contributed by atoms with E-state index in [1.54, 1.807) is 16.8 Å². The van der Waals surface area contributed by atoms with Gasteiger partial charge in [-0.25, -0.2) is 4.68 Å². The second-order valence-electron chi connectivity index (χ2n) is 4.66. The lowest BCUT2D eigenvalue weighted by molar-refractivity contribution is 0.0986. The van der Waals surface area contributed by atoms with Crippen LogP contribution >= 0.6 is 45.5 Å². The molecule has 0 N–H and O–H groups in total. The van der Waals surface area contributed by atoms with Gasteiger partial charge in [-0.1, -0.05) is 16.8 Å². The molecule has 0 atom stereocenters. The third kappa shape index (κ3) is 3.74. The number of carbonyl (C=O) groups excluding carboxylic acids is 1. The predicted octanol–water partition coefficient (Wildman–Crippen LogP) is 4.40. The number of nitrogens with zero attached hydrogens (tertiary/aromatic N) is 3. The number of aromatic nitrogens is 3. The average Bonchev–Trinajstić information content (AvgIpc) is 3.15. The van der Waals surface area contributed by atoms with Gasteiger partial charge >= 0.3 is 0 Å². The average molecular weight is 444 g/mol. The van der Waals surface area contributed by atoms with Gasteiger partial charge in [0.15, 0.2) is 5.78 Å². The van der Waals surface area contributed by atoms with Crippen LogP contribution in [0, 0.1) is 3.57 Å². The summed E-state index contributed by atoms with van der Waals surface area (Å²) in [5.74, 6) is 0.0840. The van der Waals surface area contributed by atoms with E-state index >= 15 is 0 Å². The Morgan fingerprint density at radius 1 is 1.23 bits per heavy atom. The van der Waals surface area contributed by atoms with Crippen LogP contribution in [0.1, 0.15) is 21.8 Å². The van der Waals surface area contributed by atoms with E-state index in [2.05, 4.69) is 32.9 Å². The highest BCUT2D eigenvalue weighted by molar-refractivity contribution is 14.1. The Balaban J connectivity index is 1.64. The molecule has 22 heavy (non-hydrogen) atoms. The molecule has 1 aromatic carbocycles. The topological polar surface area (TPSA) is 47.8 Å². The maximum absolute atomic E-state index is 12.0. The first-order chi connectivity index (χ1) is 10.6. The quantitative estimate of drug-likeness (QED) is 0.434. The molecule has 112 valence electrons. The highest BCUT2D eigenvalue weighted by Gasteiger charge is 2.11. The second-order valence-corrected chi connectivity index (χ2v) is 7.62. The molecular formula is C15H11ClIN3OS. The molecule has 0 amide bonds. The van der Waals surface area contributed by atoms with Crippen LogP contribution in [0.4, 0.5) is 0 Å². The van der Waals surface area contributed by atoms with Crippen LogP contribution in [0.25, 0.3) is 5.69 Å². The number of aryl methyl sites for hydroxylation is 1. The van der Waals surface area contributed by atoms with Crippen molar-refractivity contribution in [3.8, 4) is 5.69 Å². The van der Waals surface area contributed by atoms with Crippen LogP contribution < -0.4 is 0 Å². The van der Waals surface area contributed by atoms with E-state index in [4.69, 9.17) is 11.6 Å². The van der Waals surface area contributed by atoms with Crippen molar-refractivity contribution in [2.45, 2.75) is 12.8 Å². The fourth-order valence-electron chi connectivity index (χ4n) is 1.96. The van der Waals surface area contributed by atoms with Crippen LogP contribution in [0.2, 0.25) is 4.34 Å². The van der Waals surface area contributed by atoms with Crippen molar-refractivity contribution in [2.24, 2.45) is 0 Å². The first-order valence-corrected chi connectivity index (χ1v) is 8.85. The van der Waals surface area contributed by atoms with E-state index in [1.807, 2.05) is 30.5 Å². The number of hydrogen-bond acceptors (Lipinski definition) is 4. The minimum Gasteiger partial charge on any atom is -0.293 e. The lowest BCUT2D eigenvalue weighted by Gasteiger charge is -1.99. The van der Waals surface area contributed by atoms with Gasteiger partial charge in [-0.3, -0.25) is 4.79 Å². The van der Waals surface area contributed by atoms with Gasteiger partial charge in [0.2, 0.25) is 0 Å². The number of carbonyl (C=O) groups is 1. The molecule has 0 saturated carbocycles. The Kier molecular flexibility index (Phi) is 4.90. The maximum atomic E-state index is 12.0. The predicted molar refractivity (Wildman–Crippen MR) is 96.1 cm³/mol. The second kappa shape index (κ2) is 6.89. The van der Waals surface area contributed by atoms with Crippen LogP contribution in [-0.4, -0.2) is 20.8 Å². The lowest BCUT2D eigenvalue weighted by atomic mass is 10.1. The van der Waals surface area contributed by atoms with Crippen molar-refractivity contribution in [3.05, 3.63) is 61.1 Å². The summed E-state index contributed by atoms with van der Waals surface area (Å²) in [5.41, 5.74) is 1.75. The van der Waals surface area contributed by atoms with E-state index in [9.17, 15) is 4.79 Å². The van der Waals surface area contributed by atoms with Gasteiger partial charge < -0.3 is 0 Å². The summed E-state index contributed by atoms with van der Waals surface area (Å²) >= 11 is 9.41. The number of Topliss-reactive ketones (excluding diaryl/α,β-unsaturated/α-hetero) is 1. The molecule has 0 aliphatic carbocycles. The molecule has 7 heteroatoms. The van der Waals surface area contributed by atoms with Gasteiger partial charge in [-0.2, -0.15) is 0 Å². The summed E-state index contributed by atoms with van der Waals surface area (Å²) < 4.78 is 3.52. The zero-order valence-electron chi connectivity index (χ0n) is 11.4. The first-order valence-electron chi connectivity index (χ1n) is 6.57. The normalized spacial score (nSPS) is 10.8.